The quantitative estimate of drug-likeness (QED) is 0.416. The number of piperidine rings is 1. The molecule has 0 amide bonds. The summed E-state index contributed by atoms with van der Waals surface area (Å²) in [6, 6.07) is 10.7. The summed E-state index contributed by atoms with van der Waals surface area (Å²) in [4.78, 5) is 12.0. The number of rotatable bonds is 9. The molecule has 1 aliphatic heterocycles. The van der Waals surface area contributed by atoms with E-state index in [1.165, 1.54) is 9.18 Å². The highest BCUT2D eigenvalue weighted by molar-refractivity contribution is 7.89. The van der Waals surface area contributed by atoms with Crippen molar-refractivity contribution in [3.63, 3.8) is 0 Å². The molecule has 10 heteroatoms. The summed E-state index contributed by atoms with van der Waals surface area (Å²) < 4.78 is 28.1. The fourth-order valence-corrected chi connectivity index (χ4v) is 5.89. The Morgan fingerprint density at radius 3 is 2.70 bits per heavy atom. The van der Waals surface area contributed by atoms with Crippen molar-refractivity contribution in [2.45, 2.75) is 37.2 Å². The van der Waals surface area contributed by atoms with Crippen LogP contribution in [0.1, 0.15) is 24.6 Å². The van der Waals surface area contributed by atoms with Gasteiger partial charge in [-0.2, -0.15) is 9.30 Å². The van der Waals surface area contributed by atoms with Gasteiger partial charge in [-0.15, -0.1) is 11.3 Å². The summed E-state index contributed by atoms with van der Waals surface area (Å²) in [5.74, 6) is 0.746. The van der Waals surface area contributed by atoms with Crippen LogP contribution in [0.2, 0.25) is 0 Å². The van der Waals surface area contributed by atoms with Crippen molar-refractivity contribution < 1.29 is 8.42 Å². The van der Waals surface area contributed by atoms with Crippen LogP contribution in [0.3, 0.4) is 0 Å². The third kappa shape index (κ3) is 6.73. The topological polar surface area (TPSA) is 89.4 Å². The van der Waals surface area contributed by atoms with Crippen molar-refractivity contribution >= 4 is 39.7 Å². The Balaban J connectivity index is 1.66. The average molecular weight is 489 g/mol. The first kappa shape index (κ1) is 25.1. The number of sulfonamides is 1. The minimum atomic E-state index is -3.61. The van der Waals surface area contributed by atoms with E-state index in [-0.39, 0.29) is 16.9 Å². The summed E-state index contributed by atoms with van der Waals surface area (Å²) in [5.41, 5.74) is 0.659. The number of aliphatic imine (C=N–C) groups is 2. The number of likely N-dealkylation sites (tertiary alicyclic amines) is 1. The minimum Gasteiger partial charge on any atom is -0.371 e. The van der Waals surface area contributed by atoms with Crippen LogP contribution in [0.4, 0.5) is 5.69 Å². The van der Waals surface area contributed by atoms with Gasteiger partial charge in [-0.1, -0.05) is 12.6 Å². The molecule has 2 heterocycles. The lowest BCUT2D eigenvalue weighted by Gasteiger charge is -2.36. The first-order valence-electron chi connectivity index (χ1n) is 10.9. The van der Waals surface area contributed by atoms with Crippen molar-refractivity contribution in [2.24, 2.45) is 9.98 Å². The number of nitrogens with zero attached hydrogens (tertiary/aromatic N) is 4. The van der Waals surface area contributed by atoms with Gasteiger partial charge in [-0.05, 0) is 68.7 Å². The van der Waals surface area contributed by atoms with E-state index in [1.54, 1.807) is 42.6 Å². The molecule has 0 spiro atoms. The molecule has 2 aromatic rings. The zero-order valence-corrected chi connectivity index (χ0v) is 20.8. The summed E-state index contributed by atoms with van der Waals surface area (Å²) in [6.07, 6.45) is 1.84. The molecule has 1 unspecified atom stereocenters. The van der Waals surface area contributed by atoms with Crippen molar-refractivity contribution in [1.82, 2.24) is 14.5 Å². The lowest BCUT2D eigenvalue weighted by atomic mass is 10.1. The van der Waals surface area contributed by atoms with Gasteiger partial charge in [0, 0.05) is 43.3 Å². The summed E-state index contributed by atoms with van der Waals surface area (Å²) >= 11 is 1.73. The molecule has 0 bridgehead atoms. The highest BCUT2D eigenvalue weighted by atomic mass is 32.2. The molecule has 1 saturated heterocycles. The molecular weight excluding hydrogens is 456 g/mol. The van der Waals surface area contributed by atoms with Crippen LogP contribution in [0.25, 0.3) is 0 Å². The predicted octanol–water partition coefficient (Wildman–Crippen LogP) is 3.58. The van der Waals surface area contributed by atoms with Crippen LogP contribution < -0.4 is 10.6 Å². The molecule has 0 saturated carbocycles. The van der Waals surface area contributed by atoms with Crippen molar-refractivity contribution in [2.75, 3.05) is 32.0 Å². The maximum atomic E-state index is 13.3. The molecule has 0 radical (unpaired) electrons. The first-order chi connectivity index (χ1) is 15.8. The van der Waals surface area contributed by atoms with E-state index in [4.69, 9.17) is 0 Å². The molecule has 1 aromatic heterocycles. The van der Waals surface area contributed by atoms with Crippen LogP contribution in [0, 0.1) is 0 Å². The number of guanidine groups is 1. The minimum absolute atomic E-state index is 0.0534. The molecule has 1 aliphatic rings. The number of likely N-dealkylation sites (N-methyl/N-ethyl adjacent to an activating group) is 1. The summed E-state index contributed by atoms with van der Waals surface area (Å²) in [7, 11) is -1.93. The summed E-state index contributed by atoms with van der Waals surface area (Å²) in [5, 5.41) is 8.08. The number of nitrogens with one attached hydrogen (secondary N) is 2. The molecule has 178 valence electrons. The van der Waals surface area contributed by atoms with Gasteiger partial charge in [0.1, 0.15) is 5.82 Å². The Morgan fingerprint density at radius 1 is 1.30 bits per heavy atom. The predicted molar refractivity (Wildman–Crippen MR) is 137 cm³/mol. The average Bonchev–Trinajstić information content (AvgIpc) is 3.32. The lowest BCUT2D eigenvalue weighted by molar-refractivity contribution is 0.154. The Hall–Kier alpha value is -2.53. The largest absolute Gasteiger partial charge is 0.371 e. The first-order valence-corrected chi connectivity index (χ1v) is 13.2. The van der Waals surface area contributed by atoms with Gasteiger partial charge < -0.3 is 10.6 Å². The second kappa shape index (κ2) is 11.6. The Morgan fingerprint density at radius 2 is 2.06 bits per heavy atom. The van der Waals surface area contributed by atoms with E-state index in [2.05, 4.69) is 56.3 Å². The third-order valence-electron chi connectivity index (χ3n) is 5.51. The number of anilines is 1. The van der Waals surface area contributed by atoms with Gasteiger partial charge in [-0.3, -0.25) is 4.90 Å². The van der Waals surface area contributed by atoms with E-state index >= 15 is 0 Å². The fourth-order valence-electron chi connectivity index (χ4n) is 3.77. The van der Waals surface area contributed by atoms with Crippen LogP contribution in [-0.2, 0) is 16.6 Å². The van der Waals surface area contributed by atoms with Crippen LogP contribution in [0.15, 0.2) is 69.1 Å². The zero-order valence-electron chi connectivity index (χ0n) is 19.2. The van der Waals surface area contributed by atoms with E-state index in [0.717, 1.165) is 32.5 Å². The van der Waals surface area contributed by atoms with E-state index in [1.807, 2.05) is 6.92 Å². The maximum absolute atomic E-state index is 13.3. The van der Waals surface area contributed by atoms with E-state index in [9.17, 15) is 8.42 Å². The second-order valence-electron chi connectivity index (χ2n) is 7.85. The van der Waals surface area contributed by atoms with Gasteiger partial charge in [0.25, 0.3) is 0 Å². The second-order valence-corrected chi connectivity index (χ2v) is 10.9. The van der Waals surface area contributed by atoms with E-state index < -0.39 is 10.0 Å². The molecule has 0 aliphatic carbocycles. The number of thiophene rings is 1. The highest BCUT2D eigenvalue weighted by Crippen LogP contribution is 2.25. The monoisotopic (exact) mass is 488 g/mol. The fraction of sp³-hybridized carbons (Fsp3) is 0.391. The number of benzene rings is 1. The zero-order chi connectivity index (χ0) is 23.8. The van der Waals surface area contributed by atoms with Crippen LogP contribution >= 0.6 is 11.3 Å². The Labute approximate surface area is 200 Å². The Bertz CT molecular complexity index is 1060. The molecule has 1 atom stereocenters. The number of hydrogen-bond acceptors (Lipinski definition) is 6. The molecule has 1 aromatic carbocycles. The molecule has 3 rings (SSSR count). The van der Waals surface area contributed by atoms with Crippen LogP contribution in [-0.4, -0.2) is 63.0 Å². The van der Waals surface area contributed by atoms with Crippen molar-refractivity contribution in [3.8, 4) is 0 Å². The van der Waals surface area contributed by atoms with Gasteiger partial charge in [0.2, 0.25) is 16.0 Å². The van der Waals surface area contributed by atoms with Gasteiger partial charge in [0.05, 0.1) is 4.90 Å². The highest BCUT2D eigenvalue weighted by Gasteiger charge is 2.31. The Kier molecular flexibility index (Phi) is 8.79. The summed E-state index contributed by atoms with van der Waals surface area (Å²) in [6.45, 7) is 12.5. The molecular formula is C23H32N6O2S2. The standard InChI is InChI=1S/C23H32N6O2S2/c1-5-25-18(2)26-23(24-3)27-19-10-12-22(13-11-19)33(30,31)28(4)20-8-6-14-29(16-20)17-21-9-7-15-32-21/h7,9-13,15,20,25H,2-3,5-6,8,14,16-17H2,1,4H3,(H,26,27). The van der Waals surface area contributed by atoms with E-state index in [0.29, 0.717) is 18.1 Å². The normalized spacial score (nSPS) is 17.7. The molecule has 33 heavy (non-hydrogen) atoms. The third-order valence-corrected chi connectivity index (χ3v) is 8.30. The van der Waals surface area contributed by atoms with Crippen LogP contribution in [0.5, 0.6) is 0 Å². The number of hydrogen-bond donors (Lipinski definition) is 2. The van der Waals surface area contributed by atoms with Crippen molar-refractivity contribution in [1.29, 1.82) is 0 Å². The molecule has 2 N–H and O–H groups in total. The molecule has 1 fully saturated rings. The SMILES string of the molecule is C=N/C(=N\C(=C)NCC)Nc1ccc(S(=O)(=O)N(C)C2CCCN(Cc3cccs3)C2)cc1. The molecule has 8 nitrogen and oxygen atoms in total. The lowest BCUT2D eigenvalue weighted by Crippen LogP contribution is -2.48. The van der Waals surface area contributed by atoms with Gasteiger partial charge in [-0.25, -0.2) is 13.4 Å². The maximum Gasteiger partial charge on any atom is 0.243 e. The van der Waals surface area contributed by atoms with Crippen molar-refractivity contribution in [3.05, 3.63) is 59.1 Å². The smallest absolute Gasteiger partial charge is 0.243 e. The van der Waals surface area contributed by atoms with Gasteiger partial charge >= 0.3 is 0 Å². The van der Waals surface area contributed by atoms with Gasteiger partial charge in [0.15, 0.2) is 0 Å².